The van der Waals surface area contributed by atoms with Gasteiger partial charge in [0.05, 0.1) is 0 Å². The molecule has 1 aromatic rings. The van der Waals surface area contributed by atoms with Gasteiger partial charge in [-0.2, -0.15) is 0 Å². The number of benzene rings is 1. The summed E-state index contributed by atoms with van der Waals surface area (Å²) >= 11 is 0. The van der Waals surface area contributed by atoms with Gasteiger partial charge in [-0.3, -0.25) is 0 Å². The Morgan fingerprint density at radius 2 is 1.93 bits per heavy atom. The third kappa shape index (κ3) is 5.86. The summed E-state index contributed by atoms with van der Waals surface area (Å²) in [6, 6.07) is 6.12. The van der Waals surface area contributed by atoms with Gasteiger partial charge in [0, 0.05) is 0 Å². The van der Waals surface area contributed by atoms with E-state index in [-0.39, 0.29) is 30.9 Å². The summed E-state index contributed by atoms with van der Waals surface area (Å²) < 4.78 is 25.8. The van der Waals surface area contributed by atoms with E-state index in [9.17, 15) is 19.3 Å². The standard InChI is InChI=1S/C18H26NO9P/c1-18(2)11-26-29(23,27-13-8-6-5-7-12(13)17(22)25-4)28-15(18)16(21)19-10-9-14(20)24-3/h5-8,15,23,29H,9-11H2,1-4H3,(H,19,21)/t15-/m0/s1. The summed E-state index contributed by atoms with van der Waals surface area (Å²) in [6.07, 6.45) is -1.10. The Balaban J connectivity index is 2.14. The van der Waals surface area contributed by atoms with Crippen LogP contribution in [0.15, 0.2) is 24.3 Å². The molecule has 0 bridgehead atoms. The van der Waals surface area contributed by atoms with E-state index >= 15 is 0 Å². The van der Waals surface area contributed by atoms with Crippen LogP contribution in [0, 0.1) is 5.41 Å². The van der Waals surface area contributed by atoms with Crippen LogP contribution in [0.25, 0.3) is 0 Å². The van der Waals surface area contributed by atoms with Gasteiger partial charge in [0.1, 0.15) is 0 Å². The molecule has 1 amide bonds. The van der Waals surface area contributed by atoms with E-state index in [1.54, 1.807) is 26.0 Å². The van der Waals surface area contributed by atoms with Gasteiger partial charge in [0.2, 0.25) is 0 Å². The monoisotopic (exact) mass is 431 g/mol. The van der Waals surface area contributed by atoms with Crippen LogP contribution in [0.3, 0.4) is 0 Å². The number of esters is 2. The van der Waals surface area contributed by atoms with Crippen molar-refractivity contribution in [3.05, 3.63) is 29.8 Å². The molecule has 1 aliphatic rings. The molecule has 29 heavy (non-hydrogen) atoms. The van der Waals surface area contributed by atoms with Gasteiger partial charge in [-0.05, 0) is 0 Å². The maximum atomic E-state index is 12.6. The van der Waals surface area contributed by atoms with E-state index in [4.69, 9.17) is 18.3 Å². The Hall–Kier alpha value is -2.26. The topological polar surface area (TPSA) is 130 Å². The van der Waals surface area contributed by atoms with Gasteiger partial charge in [0.15, 0.2) is 0 Å². The molecule has 2 N–H and O–H groups in total. The number of amides is 1. The number of hydrogen-bond acceptors (Lipinski definition) is 9. The second-order valence-corrected chi connectivity index (χ2v) is 8.78. The summed E-state index contributed by atoms with van der Waals surface area (Å²) in [7, 11) is -1.84. The summed E-state index contributed by atoms with van der Waals surface area (Å²) in [4.78, 5) is 46.5. The molecular weight excluding hydrogens is 405 g/mol. The zero-order valence-electron chi connectivity index (χ0n) is 16.7. The van der Waals surface area contributed by atoms with Crippen molar-refractivity contribution in [3.8, 4) is 5.75 Å². The third-order valence-corrected chi connectivity index (χ3v) is 5.75. The Morgan fingerprint density at radius 1 is 1.24 bits per heavy atom. The molecule has 1 fully saturated rings. The third-order valence-electron chi connectivity index (χ3n) is 4.23. The summed E-state index contributed by atoms with van der Waals surface area (Å²) in [5.41, 5.74) is -0.702. The number of carbonyl (C=O) groups is 3. The first-order chi connectivity index (χ1) is 13.6. The predicted octanol–water partition coefficient (Wildman–Crippen LogP) is 1.38. The fourth-order valence-corrected chi connectivity index (χ4v) is 4.52. The SMILES string of the molecule is COC(=O)CCNC(=O)[C@@H]1O[PH](O)(Oc2ccccc2C(=O)OC)OCC1(C)C. The molecule has 1 aromatic carbocycles. The molecule has 1 saturated heterocycles. The number of methoxy groups -OCH3 is 2. The summed E-state index contributed by atoms with van der Waals surface area (Å²) in [5.74, 6) is -1.64. The van der Waals surface area contributed by atoms with Crippen molar-refractivity contribution >= 4 is 26.0 Å². The van der Waals surface area contributed by atoms with Crippen LogP contribution in [0.4, 0.5) is 0 Å². The van der Waals surface area contributed by atoms with Gasteiger partial charge in [0.25, 0.3) is 0 Å². The molecule has 162 valence electrons. The first-order valence-corrected chi connectivity index (χ1v) is 10.5. The van der Waals surface area contributed by atoms with Crippen molar-refractivity contribution < 1.29 is 42.3 Å². The molecule has 10 nitrogen and oxygen atoms in total. The Labute approximate surface area is 169 Å². The number of hydrogen-bond donors (Lipinski definition) is 2. The van der Waals surface area contributed by atoms with Crippen molar-refractivity contribution in [2.45, 2.75) is 26.4 Å². The summed E-state index contributed by atoms with van der Waals surface area (Å²) in [6.45, 7) is 3.49. The first-order valence-electron chi connectivity index (χ1n) is 8.87. The van der Waals surface area contributed by atoms with Crippen molar-refractivity contribution in [2.75, 3.05) is 27.4 Å². The number of ether oxygens (including phenoxy) is 2. The predicted molar refractivity (Wildman–Crippen MR) is 103 cm³/mol. The van der Waals surface area contributed by atoms with Gasteiger partial charge in [-0.1, -0.05) is 0 Å². The number of nitrogens with one attached hydrogen (secondary N) is 1. The molecule has 0 radical (unpaired) electrons. The molecule has 0 saturated carbocycles. The molecule has 0 spiro atoms. The van der Waals surface area contributed by atoms with E-state index < -0.39 is 37.5 Å². The zero-order chi connectivity index (χ0) is 21.7. The fourth-order valence-electron chi connectivity index (χ4n) is 2.61. The zero-order valence-corrected chi connectivity index (χ0v) is 17.7. The molecular formula is C18H26NO9P. The average molecular weight is 431 g/mol. The number of carbonyl (C=O) groups excluding carboxylic acids is 3. The van der Waals surface area contributed by atoms with Crippen LogP contribution in [-0.4, -0.2) is 56.2 Å². The van der Waals surface area contributed by atoms with Crippen molar-refractivity contribution in [1.29, 1.82) is 0 Å². The normalized spacial score (nSPS) is 20.8. The molecule has 1 atom stereocenters. The van der Waals surface area contributed by atoms with Gasteiger partial charge < -0.3 is 0 Å². The van der Waals surface area contributed by atoms with Crippen LogP contribution >= 0.6 is 8.17 Å². The van der Waals surface area contributed by atoms with Gasteiger partial charge in [-0.25, -0.2) is 0 Å². The quantitative estimate of drug-likeness (QED) is 0.486. The van der Waals surface area contributed by atoms with E-state index in [1.165, 1.54) is 26.4 Å². The van der Waals surface area contributed by atoms with E-state index in [1.807, 2.05) is 0 Å². The van der Waals surface area contributed by atoms with Crippen LogP contribution < -0.4 is 9.84 Å². The fraction of sp³-hybridized carbons (Fsp3) is 0.500. The van der Waals surface area contributed by atoms with Gasteiger partial charge >= 0.3 is 168 Å². The minimum absolute atomic E-state index is 0.00338. The van der Waals surface area contributed by atoms with Crippen molar-refractivity contribution in [1.82, 2.24) is 5.32 Å². The molecule has 1 aliphatic heterocycles. The van der Waals surface area contributed by atoms with Crippen LogP contribution in [0.1, 0.15) is 30.6 Å². The Kier molecular flexibility index (Phi) is 7.54. The second kappa shape index (κ2) is 9.49. The van der Waals surface area contributed by atoms with Crippen LogP contribution in [-0.2, 0) is 28.1 Å². The average Bonchev–Trinajstić information content (AvgIpc) is 2.69. The van der Waals surface area contributed by atoms with E-state index in [2.05, 4.69) is 10.1 Å². The van der Waals surface area contributed by atoms with Crippen molar-refractivity contribution in [2.24, 2.45) is 5.41 Å². The van der Waals surface area contributed by atoms with Crippen LogP contribution in [0.2, 0.25) is 0 Å². The molecule has 0 unspecified atom stereocenters. The number of rotatable bonds is 7. The maximum absolute atomic E-state index is 12.6. The van der Waals surface area contributed by atoms with E-state index in [0.717, 1.165) is 0 Å². The molecule has 2 rings (SSSR count). The Morgan fingerprint density at radius 3 is 2.59 bits per heavy atom. The van der Waals surface area contributed by atoms with Crippen LogP contribution in [0.5, 0.6) is 5.75 Å². The van der Waals surface area contributed by atoms with Gasteiger partial charge in [-0.15, -0.1) is 0 Å². The molecule has 1 heterocycles. The summed E-state index contributed by atoms with van der Waals surface area (Å²) in [5, 5.41) is 2.57. The second-order valence-electron chi connectivity index (χ2n) is 7.01. The van der Waals surface area contributed by atoms with E-state index in [0.29, 0.717) is 0 Å². The Bertz CT molecular complexity index is 769. The molecule has 0 aliphatic carbocycles. The molecule has 0 aromatic heterocycles. The minimum atomic E-state index is -4.31. The first kappa shape index (κ1) is 23.0. The van der Waals surface area contributed by atoms with Crippen molar-refractivity contribution in [3.63, 3.8) is 0 Å². The molecule has 11 heteroatoms. The number of para-hydroxylation sites is 1.